The molecule has 1 aromatic carbocycles. The molecule has 152 valence electrons. The highest BCUT2D eigenvalue weighted by Crippen LogP contribution is 2.23. The smallest absolute Gasteiger partial charge is 0.251 e. The monoisotopic (exact) mass is 402 g/mol. The number of thioether (sulfide) groups is 1. The first kappa shape index (κ1) is 22.2. The normalized spacial score (nSPS) is 10.7. The molecular formula is C21H30N4O2S. The van der Waals surface area contributed by atoms with Crippen molar-refractivity contribution in [2.24, 2.45) is 0 Å². The number of amides is 1. The van der Waals surface area contributed by atoms with Crippen molar-refractivity contribution in [1.82, 2.24) is 15.3 Å². The van der Waals surface area contributed by atoms with Gasteiger partial charge in [0.15, 0.2) is 5.16 Å². The van der Waals surface area contributed by atoms with Gasteiger partial charge in [-0.3, -0.25) is 4.79 Å². The minimum atomic E-state index is -0.0842. The number of aryl methyl sites for hydroxylation is 1. The fourth-order valence-corrected chi connectivity index (χ4v) is 3.51. The van der Waals surface area contributed by atoms with Gasteiger partial charge in [0.25, 0.3) is 5.91 Å². The van der Waals surface area contributed by atoms with Crippen LogP contribution in [0.2, 0.25) is 0 Å². The van der Waals surface area contributed by atoms with Crippen molar-refractivity contribution in [2.75, 3.05) is 38.3 Å². The molecule has 0 fully saturated rings. The Kier molecular flexibility index (Phi) is 9.23. The molecule has 1 amide bonds. The largest absolute Gasteiger partial charge is 0.383 e. The number of hydrogen-bond donors (Lipinski definition) is 1. The van der Waals surface area contributed by atoms with Gasteiger partial charge >= 0.3 is 0 Å². The Bertz CT molecular complexity index is 749. The van der Waals surface area contributed by atoms with Crippen LogP contribution in [0.4, 0.5) is 5.82 Å². The molecule has 0 bridgehead atoms. The number of carbonyl (C=O) groups excluding carboxylic acids is 1. The summed E-state index contributed by atoms with van der Waals surface area (Å²) in [6.45, 7) is 9.25. The third-order valence-corrected chi connectivity index (χ3v) is 5.29. The second-order valence-corrected chi connectivity index (χ2v) is 7.20. The average molecular weight is 403 g/mol. The molecule has 1 aromatic heterocycles. The minimum absolute atomic E-state index is 0.0842. The molecule has 2 rings (SSSR count). The molecule has 0 aliphatic heterocycles. The number of hydrogen-bond acceptors (Lipinski definition) is 6. The predicted octanol–water partition coefficient (Wildman–Crippen LogP) is 3.55. The van der Waals surface area contributed by atoms with Crippen LogP contribution in [0.5, 0.6) is 0 Å². The van der Waals surface area contributed by atoms with Crippen molar-refractivity contribution in [3.05, 3.63) is 47.2 Å². The van der Waals surface area contributed by atoms with Crippen LogP contribution in [0.15, 0.2) is 35.5 Å². The maximum Gasteiger partial charge on any atom is 0.251 e. The Morgan fingerprint density at radius 3 is 2.46 bits per heavy atom. The molecule has 1 N–H and O–H groups in total. The molecule has 0 saturated heterocycles. The number of rotatable bonds is 11. The van der Waals surface area contributed by atoms with Gasteiger partial charge < -0.3 is 15.0 Å². The van der Waals surface area contributed by atoms with Crippen molar-refractivity contribution >= 4 is 23.5 Å². The van der Waals surface area contributed by atoms with Gasteiger partial charge in [-0.25, -0.2) is 9.97 Å². The average Bonchev–Trinajstić information content (AvgIpc) is 2.73. The van der Waals surface area contributed by atoms with Crippen LogP contribution < -0.4 is 10.2 Å². The number of carbonyl (C=O) groups is 1. The summed E-state index contributed by atoms with van der Waals surface area (Å²) >= 11 is 1.62. The summed E-state index contributed by atoms with van der Waals surface area (Å²) in [6, 6.07) is 9.74. The van der Waals surface area contributed by atoms with Crippen molar-refractivity contribution in [3.63, 3.8) is 0 Å². The molecule has 0 saturated carbocycles. The van der Waals surface area contributed by atoms with Gasteiger partial charge in [0.05, 0.1) is 6.61 Å². The van der Waals surface area contributed by atoms with E-state index in [1.807, 2.05) is 24.3 Å². The Labute approximate surface area is 172 Å². The highest BCUT2D eigenvalue weighted by atomic mass is 32.2. The van der Waals surface area contributed by atoms with Crippen LogP contribution in [-0.4, -0.2) is 49.2 Å². The number of nitrogens with one attached hydrogen (secondary N) is 1. The number of aromatic nitrogens is 2. The Morgan fingerprint density at radius 2 is 1.86 bits per heavy atom. The molecular weight excluding hydrogens is 372 g/mol. The third kappa shape index (κ3) is 6.49. The van der Waals surface area contributed by atoms with Crippen molar-refractivity contribution in [1.29, 1.82) is 0 Å². The topological polar surface area (TPSA) is 67.4 Å². The van der Waals surface area contributed by atoms with Gasteiger partial charge in [-0.15, -0.1) is 0 Å². The first-order chi connectivity index (χ1) is 13.6. The summed E-state index contributed by atoms with van der Waals surface area (Å²) in [6.07, 6.45) is 0.886. The summed E-state index contributed by atoms with van der Waals surface area (Å²) in [5.41, 5.74) is 2.84. The first-order valence-corrected chi connectivity index (χ1v) is 10.7. The van der Waals surface area contributed by atoms with E-state index in [0.29, 0.717) is 18.7 Å². The predicted molar refractivity (Wildman–Crippen MR) is 115 cm³/mol. The highest BCUT2D eigenvalue weighted by molar-refractivity contribution is 7.98. The fourth-order valence-electron chi connectivity index (χ4n) is 2.68. The minimum Gasteiger partial charge on any atom is -0.383 e. The van der Waals surface area contributed by atoms with Crippen molar-refractivity contribution < 1.29 is 9.53 Å². The lowest BCUT2D eigenvalue weighted by Crippen LogP contribution is -2.26. The van der Waals surface area contributed by atoms with Gasteiger partial charge in [-0.1, -0.05) is 30.8 Å². The second-order valence-electron chi connectivity index (χ2n) is 6.26. The number of methoxy groups -OCH3 is 1. The lowest BCUT2D eigenvalue weighted by molar-refractivity contribution is 0.0937. The van der Waals surface area contributed by atoms with Gasteiger partial charge in [0.2, 0.25) is 0 Å². The molecule has 0 aliphatic carbocycles. The van der Waals surface area contributed by atoms with Gasteiger partial charge in [-0.2, -0.15) is 0 Å². The van der Waals surface area contributed by atoms with E-state index < -0.39 is 0 Å². The maximum absolute atomic E-state index is 12.0. The standard InChI is InChI=1S/C21H30N4O2S/c1-5-18-14-19(25(6-2)7-3)24-21(23-18)28-15-16-8-10-17(11-9-16)20(26)22-12-13-27-4/h8-11,14H,5-7,12-13,15H2,1-4H3,(H,22,26). The van der Waals surface area contributed by atoms with E-state index in [2.05, 4.69) is 42.0 Å². The van der Waals surface area contributed by atoms with Crippen LogP contribution in [0.3, 0.4) is 0 Å². The molecule has 0 spiro atoms. The molecule has 0 atom stereocenters. The molecule has 0 radical (unpaired) electrons. The zero-order valence-corrected chi connectivity index (χ0v) is 18.0. The maximum atomic E-state index is 12.0. The summed E-state index contributed by atoms with van der Waals surface area (Å²) in [4.78, 5) is 23.7. The molecule has 1 heterocycles. The molecule has 6 nitrogen and oxygen atoms in total. The zero-order chi connectivity index (χ0) is 20.4. The molecule has 0 aliphatic rings. The van der Waals surface area contributed by atoms with E-state index in [9.17, 15) is 4.79 Å². The van der Waals surface area contributed by atoms with Crippen molar-refractivity contribution in [3.8, 4) is 0 Å². The number of ether oxygens (including phenoxy) is 1. The Morgan fingerprint density at radius 1 is 1.14 bits per heavy atom. The van der Waals surface area contributed by atoms with E-state index in [-0.39, 0.29) is 5.91 Å². The molecule has 7 heteroatoms. The van der Waals surface area contributed by atoms with Gasteiger partial charge in [0.1, 0.15) is 5.82 Å². The van der Waals surface area contributed by atoms with E-state index in [4.69, 9.17) is 9.72 Å². The summed E-state index contributed by atoms with van der Waals surface area (Å²) in [7, 11) is 1.61. The Balaban J connectivity index is 2.01. The van der Waals surface area contributed by atoms with Crippen LogP contribution in [0.25, 0.3) is 0 Å². The van der Waals surface area contributed by atoms with Crippen LogP contribution >= 0.6 is 11.8 Å². The van der Waals surface area contributed by atoms with E-state index in [0.717, 1.165) is 47.5 Å². The number of benzene rings is 1. The van der Waals surface area contributed by atoms with E-state index in [1.54, 1.807) is 18.9 Å². The Hall–Kier alpha value is -2.12. The highest BCUT2D eigenvalue weighted by Gasteiger charge is 2.10. The van der Waals surface area contributed by atoms with Crippen LogP contribution in [0, 0.1) is 0 Å². The van der Waals surface area contributed by atoms with Crippen molar-refractivity contribution in [2.45, 2.75) is 38.1 Å². The van der Waals surface area contributed by atoms with Crippen LogP contribution in [0.1, 0.15) is 42.4 Å². The number of nitrogens with zero attached hydrogens (tertiary/aromatic N) is 3. The quantitative estimate of drug-likeness (QED) is 0.352. The van der Waals surface area contributed by atoms with E-state index >= 15 is 0 Å². The zero-order valence-electron chi connectivity index (χ0n) is 17.2. The van der Waals surface area contributed by atoms with Gasteiger partial charge in [0, 0.05) is 49.8 Å². The lowest BCUT2D eigenvalue weighted by Gasteiger charge is -2.20. The third-order valence-electron chi connectivity index (χ3n) is 4.37. The molecule has 28 heavy (non-hydrogen) atoms. The second kappa shape index (κ2) is 11.7. The first-order valence-electron chi connectivity index (χ1n) is 9.73. The summed E-state index contributed by atoms with van der Waals surface area (Å²) < 4.78 is 4.94. The SMILES string of the molecule is CCc1cc(N(CC)CC)nc(SCc2ccc(C(=O)NCCOC)cc2)n1. The van der Waals surface area contributed by atoms with Gasteiger partial charge in [-0.05, 0) is 38.0 Å². The molecule has 2 aromatic rings. The lowest BCUT2D eigenvalue weighted by atomic mass is 10.1. The summed E-state index contributed by atoms with van der Waals surface area (Å²) in [5, 5.41) is 3.62. The fraction of sp³-hybridized carbons (Fsp3) is 0.476. The molecule has 0 unspecified atom stereocenters. The summed E-state index contributed by atoms with van der Waals surface area (Å²) in [5.74, 6) is 1.66. The van der Waals surface area contributed by atoms with E-state index in [1.165, 1.54) is 0 Å². The van der Waals surface area contributed by atoms with Crippen LogP contribution in [-0.2, 0) is 16.9 Å². The number of anilines is 1.